The van der Waals surface area contributed by atoms with Gasteiger partial charge >= 0.3 is 0 Å². The minimum absolute atomic E-state index is 0.492. The molecule has 2 heterocycles. The van der Waals surface area contributed by atoms with Crippen molar-refractivity contribution in [2.45, 2.75) is 40.2 Å². The van der Waals surface area contributed by atoms with E-state index in [1.54, 1.807) is 17.5 Å². The molecule has 0 unspecified atom stereocenters. The van der Waals surface area contributed by atoms with E-state index in [1.165, 1.54) is 0 Å². The van der Waals surface area contributed by atoms with Gasteiger partial charge in [0.1, 0.15) is 0 Å². The molecule has 2 aromatic rings. The van der Waals surface area contributed by atoms with Gasteiger partial charge in [0, 0.05) is 19.0 Å². The molecule has 18 heavy (non-hydrogen) atoms. The molecule has 0 aliphatic carbocycles. The van der Waals surface area contributed by atoms with Gasteiger partial charge in [0.25, 0.3) is 0 Å². The van der Waals surface area contributed by atoms with E-state index in [2.05, 4.69) is 29.1 Å². The lowest BCUT2D eigenvalue weighted by Crippen LogP contribution is -2.24. The van der Waals surface area contributed by atoms with Gasteiger partial charge in [-0.25, -0.2) is 9.97 Å². The van der Waals surface area contributed by atoms with Gasteiger partial charge in [-0.05, 0) is 13.8 Å². The van der Waals surface area contributed by atoms with Gasteiger partial charge in [0.05, 0.1) is 21.8 Å². The molecule has 4 nitrogen and oxygen atoms in total. The summed E-state index contributed by atoms with van der Waals surface area (Å²) in [7, 11) is 0. The maximum absolute atomic E-state index is 5.76. The second-order valence-corrected chi connectivity index (χ2v) is 5.83. The van der Waals surface area contributed by atoms with E-state index in [0.29, 0.717) is 6.04 Å². The number of hydrogen-bond donors (Lipinski definition) is 1. The molecule has 0 fully saturated rings. The van der Waals surface area contributed by atoms with E-state index in [-0.39, 0.29) is 0 Å². The van der Waals surface area contributed by atoms with E-state index < -0.39 is 0 Å². The molecule has 0 saturated carbocycles. The molecule has 0 bridgehead atoms. The Bertz CT molecular complexity index is 516. The SMILES string of the molecule is Cc1nc(C)c(-c2cnc(CCNC(C)C)o2)s1. The van der Waals surface area contributed by atoms with E-state index in [4.69, 9.17) is 4.42 Å². The van der Waals surface area contributed by atoms with Crippen LogP contribution in [0.15, 0.2) is 10.6 Å². The molecule has 1 N–H and O–H groups in total. The Morgan fingerprint density at radius 2 is 2.17 bits per heavy atom. The van der Waals surface area contributed by atoms with Gasteiger partial charge in [-0.3, -0.25) is 0 Å². The van der Waals surface area contributed by atoms with Crippen LogP contribution < -0.4 is 5.32 Å². The molecular formula is C13H19N3OS. The van der Waals surface area contributed by atoms with Crippen molar-refractivity contribution in [1.29, 1.82) is 0 Å². The molecule has 0 atom stereocenters. The van der Waals surface area contributed by atoms with Crippen LogP contribution in [0, 0.1) is 13.8 Å². The molecule has 2 rings (SSSR count). The molecule has 0 aromatic carbocycles. The molecule has 0 spiro atoms. The van der Waals surface area contributed by atoms with Gasteiger partial charge in [-0.2, -0.15) is 0 Å². The van der Waals surface area contributed by atoms with Crippen molar-refractivity contribution in [2.24, 2.45) is 0 Å². The fourth-order valence-electron chi connectivity index (χ4n) is 1.76. The molecule has 5 heteroatoms. The number of nitrogens with one attached hydrogen (secondary N) is 1. The standard InChI is InChI=1S/C13H19N3OS/c1-8(2)14-6-5-12-15-7-11(17-12)13-9(3)16-10(4)18-13/h7-8,14H,5-6H2,1-4H3. The highest BCUT2D eigenvalue weighted by molar-refractivity contribution is 7.15. The third kappa shape index (κ3) is 3.17. The van der Waals surface area contributed by atoms with E-state index >= 15 is 0 Å². The van der Waals surface area contributed by atoms with Crippen LogP contribution in [-0.2, 0) is 6.42 Å². The van der Waals surface area contributed by atoms with Gasteiger partial charge in [-0.15, -0.1) is 11.3 Å². The summed E-state index contributed by atoms with van der Waals surface area (Å²) >= 11 is 1.65. The summed E-state index contributed by atoms with van der Waals surface area (Å²) in [6.07, 6.45) is 2.61. The highest BCUT2D eigenvalue weighted by Gasteiger charge is 2.12. The zero-order chi connectivity index (χ0) is 13.1. The lowest BCUT2D eigenvalue weighted by atomic mass is 10.3. The Balaban J connectivity index is 2.04. The first-order valence-corrected chi connectivity index (χ1v) is 7.00. The minimum Gasteiger partial charge on any atom is -0.440 e. The summed E-state index contributed by atoms with van der Waals surface area (Å²) in [5.41, 5.74) is 1.01. The lowest BCUT2D eigenvalue weighted by Gasteiger charge is -2.05. The van der Waals surface area contributed by atoms with Crippen molar-refractivity contribution in [3.05, 3.63) is 22.8 Å². The number of thiazole rings is 1. The summed E-state index contributed by atoms with van der Waals surface area (Å²) in [5, 5.41) is 4.41. The number of oxazole rings is 1. The summed E-state index contributed by atoms with van der Waals surface area (Å²) in [6, 6.07) is 0.492. The van der Waals surface area contributed by atoms with Crippen LogP contribution in [0.4, 0.5) is 0 Å². The van der Waals surface area contributed by atoms with Crippen molar-refractivity contribution in [1.82, 2.24) is 15.3 Å². The Hall–Kier alpha value is -1.20. The number of nitrogens with zero attached hydrogens (tertiary/aromatic N) is 2. The van der Waals surface area contributed by atoms with Crippen molar-refractivity contribution >= 4 is 11.3 Å². The van der Waals surface area contributed by atoms with Crippen LogP contribution >= 0.6 is 11.3 Å². The van der Waals surface area contributed by atoms with Gasteiger partial charge in [-0.1, -0.05) is 13.8 Å². The summed E-state index contributed by atoms with van der Waals surface area (Å²) in [5.74, 6) is 1.61. The number of aromatic nitrogens is 2. The number of aryl methyl sites for hydroxylation is 2. The molecule has 2 aromatic heterocycles. The van der Waals surface area contributed by atoms with Crippen molar-refractivity contribution in [3.63, 3.8) is 0 Å². The smallest absolute Gasteiger partial charge is 0.196 e. The van der Waals surface area contributed by atoms with Crippen LogP contribution in [0.1, 0.15) is 30.4 Å². The van der Waals surface area contributed by atoms with E-state index in [9.17, 15) is 0 Å². The average molecular weight is 265 g/mol. The van der Waals surface area contributed by atoms with Crippen molar-refractivity contribution in [3.8, 4) is 10.6 Å². The van der Waals surface area contributed by atoms with Crippen LogP contribution in [0.5, 0.6) is 0 Å². The monoisotopic (exact) mass is 265 g/mol. The van der Waals surface area contributed by atoms with Crippen molar-refractivity contribution in [2.75, 3.05) is 6.54 Å². The van der Waals surface area contributed by atoms with Gasteiger partial charge < -0.3 is 9.73 Å². The third-order valence-corrected chi connectivity index (χ3v) is 3.66. The molecular weight excluding hydrogens is 246 g/mol. The molecule has 0 saturated heterocycles. The Morgan fingerprint density at radius 1 is 1.39 bits per heavy atom. The van der Waals surface area contributed by atoms with Crippen LogP contribution in [0.25, 0.3) is 10.6 Å². The third-order valence-electron chi connectivity index (χ3n) is 2.57. The molecule has 0 aliphatic heterocycles. The summed E-state index contributed by atoms with van der Waals surface area (Å²) < 4.78 is 5.76. The fourth-order valence-corrected chi connectivity index (χ4v) is 2.62. The second-order valence-electron chi connectivity index (χ2n) is 4.62. The normalized spacial score (nSPS) is 11.4. The lowest BCUT2D eigenvalue weighted by molar-refractivity contribution is 0.485. The van der Waals surface area contributed by atoms with Gasteiger partial charge in [0.15, 0.2) is 11.7 Å². The first-order valence-electron chi connectivity index (χ1n) is 6.18. The average Bonchev–Trinajstić information content (AvgIpc) is 2.85. The predicted molar refractivity (Wildman–Crippen MR) is 73.9 cm³/mol. The predicted octanol–water partition coefficient (Wildman–Crippen LogP) is 2.96. The summed E-state index contributed by atoms with van der Waals surface area (Å²) in [4.78, 5) is 9.80. The fraction of sp³-hybridized carbons (Fsp3) is 0.538. The molecule has 98 valence electrons. The zero-order valence-corrected chi connectivity index (χ0v) is 12.1. The minimum atomic E-state index is 0.492. The highest BCUT2D eigenvalue weighted by Crippen LogP contribution is 2.30. The van der Waals surface area contributed by atoms with Crippen LogP contribution in [0.2, 0.25) is 0 Å². The highest BCUT2D eigenvalue weighted by atomic mass is 32.1. The molecule has 0 aliphatic rings. The quantitative estimate of drug-likeness (QED) is 0.903. The molecule has 0 amide bonds. The maximum atomic E-state index is 5.76. The van der Waals surface area contributed by atoms with Gasteiger partial charge in [0.2, 0.25) is 0 Å². The first kappa shape index (κ1) is 13.2. The molecule has 0 radical (unpaired) electrons. The maximum Gasteiger partial charge on any atom is 0.196 e. The second kappa shape index (κ2) is 5.63. The van der Waals surface area contributed by atoms with Crippen molar-refractivity contribution < 1.29 is 4.42 Å². The summed E-state index contributed by atoms with van der Waals surface area (Å²) in [6.45, 7) is 9.15. The van der Waals surface area contributed by atoms with Crippen LogP contribution in [-0.4, -0.2) is 22.6 Å². The number of hydrogen-bond acceptors (Lipinski definition) is 5. The van der Waals surface area contributed by atoms with Crippen LogP contribution in [0.3, 0.4) is 0 Å². The topological polar surface area (TPSA) is 51.0 Å². The largest absolute Gasteiger partial charge is 0.440 e. The van der Waals surface area contributed by atoms with E-state index in [0.717, 1.165) is 40.2 Å². The number of rotatable bonds is 5. The Labute approximate surface area is 111 Å². The Morgan fingerprint density at radius 3 is 2.78 bits per heavy atom. The Kier molecular flexibility index (Phi) is 4.14. The first-order chi connectivity index (χ1) is 8.56. The van der Waals surface area contributed by atoms with E-state index in [1.807, 2.05) is 13.8 Å². The zero-order valence-electron chi connectivity index (χ0n) is 11.3.